The SMILES string of the molecule is CCCNS(=O)(=O)c1ccc(NC(=O)CCC(=O)O)cc1. The zero-order valence-electron chi connectivity index (χ0n) is 11.6. The first-order valence-electron chi connectivity index (χ1n) is 6.46. The Morgan fingerprint density at radius 3 is 2.29 bits per heavy atom. The zero-order valence-corrected chi connectivity index (χ0v) is 12.4. The lowest BCUT2D eigenvalue weighted by atomic mass is 10.2. The summed E-state index contributed by atoms with van der Waals surface area (Å²) in [6.45, 7) is 2.22. The van der Waals surface area contributed by atoms with Crippen LogP contribution in [0, 0.1) is 0 Å². The topological polar surface area (TPSA) is 113 Å². The van der Waals surface area contributed by atoms with Crippen molar-refractivity contribution in [2.24, 2.45) is 0 Å². The second-order valence-corrected chi connectivity index (χ2v) is 6.13. The number of amides is 1. The molecule has 0 aliphatic carbocycles. The Morgan fingerprint density at radius 1 is 1.14 bits per heavy atom. The molecule has 0 bridgehead atoms. The van der Waals surface area contributed by atoms with Crippen LogP contribution < -0.4 is 10.0 Å². The minimum atomic E-state index is -3.53. The van der Waals surface area contributed by atoms with Crippen molar-refractivity contribution in [3.63, 3.8) is 0 Å². The molecule has 0 aromatic heterocycles. The number of nitrogens with one attached hydrogen (secondary N) is 2. The van der Waals surface area contributed by atoms with Crippen molar-refractivity contribution in [3.05, 3.63) is 24.3 Å². The lowest BCUT2D eigenvalue weighted by Crippen LogP contribution is -2.24. The predicted molar refractivity (Wildman–Crippen MR) is 77.4 cm³/mol. The predicted octanol–water partition coefficient (Wildman–Crippen LogP) is 1.18. The van der Waals surface area contributed by atoms with Crippen LogP contribution in [-0.4, -0.2) is 31.9 Å². The lowest BCUT2D eigenvalue weighted by Gasteiger charge is -2.07. The fourth-order valence-electron chi connectivity index (χ4n) is 1.48. The highest BCUT2D eigenvalue weighted by molar-refractivity contribution is 7.89. The standard InChI is InChI=1S/C13H18N2O5S/c1-2-9-14-21(19,20)11-5-3-10(4-6-11)15-12(16)7-8-13(17)18/h3-6,14H,2,7-9H2,1H3,(H,15,16)(H,17,18). The van der Waals surface area contributed by atoms with E-state index in [0.29, 0.717) is 18.7 Å². The molecule has 0 saturated heterocycles. The van der Waals surface area contributed by atoms with Gasteiger partial charge < -0.3 is 10.4 Å². The monoisotopic (exact) mass is 314 g/mol. The highest BCUT2D eigenvalue weighted by Crippen LogP contribution is 2.14. The van der Waals surface area contributed by atoms with Gasteiger partial charge in [0, 0.05) is 18.7 Å². The van der Waals surface area contributed by atoms with Crippen LogP contribution in [0.2, 0.25) is 0 Å². The van der Waals surface area contributed by atoms with Crippen molar-refractivity contribution >= 4 is 27.6 Å². The van der Waals surface area contributed by atoms with Crippen molar-refractivity contribution in [3.8, 4) is 0 Å². The van der Waals surface area contributed by atoms with Crippen molar-refractivity contribution in [2.45, 2.75) is 31.1 Å². The van der Waals surface area contributed by atoms with E-state index in [0.717, 1.165) is 0 Å². The molecule has 0 atom stereocenters. The number of carboxylic acids is 1. The van der Waals surface area contributed by atoms with E-state index < -0.39 is 21.9 Å². The van der Waals surface area contributed by atoms with E-state index >= 15 is 0 Å². The Kier molecular flexibility index (Phi) is 6.32. The Labute approximate surface area is 123 Å². The Morgan fingerprint density at radius 2 is 1.76 bits per heavy atom. The average Bonchev–Trinajstić information content (AvgIpc) is 2.43. The highest BCUT2D eigenvalue weighted by Gasteiger charge is 2.13. The van der Waals surface area contributed by atoms with Gasteiger partial charge in [0.05, 0.1) is 11.3 Å². The number of rotatable bonds is 8. The van der Waals surface area contributed by atoms with Crippen molar-refractivity contribution < 1.29 is 23.1 Å². The van der Waals surface area contributed by atoms with Gasteiger partial charge in [-0.25, -0.2) is 13.1 Å². The van der Waals surface area contributed by atoms with E-state index in [1.807, 2.05) is 6.92 Å². The van der Waals surface area contributed by atoms with E-state index in [9.17, 15) is 18.0 Å². The summed E-state index contributed by atoms with van der Waals surface area (Å²) in [4.78, 5) is 21.9. The Bertz CT molecular complexity index is 595. The van der Waals surface area contributed by atoms with E-state index in [4.69, 9.17) is 5.11 Å². The van der Waals surface area contributed by atoms with Crippen LogP contribution in [0.4, 0.5) is 5.69 Å². The maximum atomic E-state index is 11.8. The summed E-state index contributed by atoms with van der Waals surface area (Å²) in [5, 5.41) is 11.0. The number of hydrogen-bond donors (Lipinski definition) is 3. The maximum Gasteiger partial charge on any atom is 0.303 e. The summed E-state index contributed by atoms with van der Waals surface area (Å²) in [6, 6.07) is 5.67. The molecule has 116 valence electrons. The molecule has 1 rings (SSSR count). The normalized spacial score (nSPS) is 11.1. The lowest BCUT2D eigenvalue weighted by molar-refractivity contribution is -0.138. The van der Waals surface area contributed by atoms with Crippen LogP contribution in [0.25, 0.3) is 0 Å². The fourth-order valence-corrected chi connectivity index (χ4v) is 2.62. The highest BCUT2D eigenvalue weighted by atomic mass is 32.2. The van der Waals surface area contributed by atoms with Gasteiger partial charge in [-0.05, 0) is 30.7 Å². The summed E-state index contributed by atoms with van der Waals surface area (Å²) in [5.41, 5.74) is 0.417. The van der Waals surface area contributed by atoms with Crippen LogP contribution in [-0.2, 0) is 19.6 Å². The summed E-state index contributed by atoms with van der Waals surface area (Å²) < 4.78 is 26.1. The van der Waals surface area contributed by atoms with E-state index in [1.165, 1.54) is 24.3 Å². The van der Waals surface area contributed by atoms with Crippen molar-refractivity contribution in [1.29, 1.82) is 0 Å². The molecule has 7 nitrogen and oxygen atoms in total. The van der Waals surface area contributed by atoms with Gasteiger partial charge >= 0.3 is 5.97 Å². The summed E-state index contributed by atoms with van der Waals surface area (Å²) >= 11 is 0. The first-order valence-corrected chi connectivity index (χ1v) is 7.95. The van der Waals surface area contributed by atoms with Crippen LogP contribution >= 0.6 is 0 Å². The number of aliphatic carboxylic acids is 1. The Hall–Kier alpha value is -1.93. The Balaban J connectivity index is 2.66. The molecule has 3 N–H and O–H groups in total. The molecule has 0 fully saturated rings. The second-order valence-electron chi connectivity index (χ2n) is 4.36. The zero-order chi connectivity index (χ0) is 15.9. The van der Waals surface area contributed by atoms with Gasteiger partial charge in [0.1, 0.15) is 0 Å². The minimum Gasteiger partial charge on any atom is -0.481 e. The van der Waals surface area contributed by atoms with Crippen LogP contribution in [0.1, 0.15) is 26.2 Å². The van der Waals surface area contributed by atoms with Gasteiger partial charge in [0.2, 0.25) is 15.9 Å². The molecule has 21 heavy (non-hydrogen) atoms. The van der Waals surface area contributed by atoms with Gasteiger partial charge in [0.25, 0.3) is 0 Å². The van der Waals surface area contributed by atoms with Crippen LogP contribution in [0.3, 0.4) is 0 Å². The number of benzene rings is 1. The average molecular weight is 314 g/mol. The third-order valence-corrected chi connectivity index (χ3v) is 4.03. The summed E-state index contributed by atoms with van der Waals surface area (Å²) in [6.07, 6.45) is 0.309. The number of anilines is 1. The quantitative estimate of drug-likeness (QED) is 0.667. The first kappa shape index (κ1) is 17.1. The maximum absolute atomic E-state index is 11.8. The molecule has 1 amide bonds. The number of sulfonamides is 1. The number of carbonyl (C=O) groups excluding carboxylic acids is 1. The largest absolute Gasteiger partial charge is 0.481 e. The van der Waals surface area contributed by atoms with Gasteiger partial charge in [-0.2, -0.15) is 0 Å². The molecule has 0 saturated carbocycles. The molecule has 0 aliphatic heterocycles. The summed E-state index contributed by atoms with van der Waals surface area (Å²) in [5.74, 6) is -1.48. The van der Waals surface area contributed by atoms with Gasteiger partial charge in [-0.1, -0.05) is 6.92 Å². The molecule has 0 spiro atoms. The van der Waals surface area contributed by atoms with Crippen molar-refractivity contribution in [2.75, 3.05) is 11.9 Å². The molecule has 0 aliphatic rings. The number of carboxylic acid groups (broad SMARTS) is 1. The van der Waals surface area contributed by atoms with E-state index in [-0.39, 0.29) is 17.7 Å². The van der Waals surface area contributed by atoms with Gasteiger partial charge in [-0.15, -0.1) is 0 Å². The molecular weight excluding hydrogens is 296 g/mol. The second kappa shape index (κ2) is 7.75. The smallest absolute Gasteiger partial charge is 0.303 e. The van der Waals surface area contributed by atoms with Gasteiger partial charge in [0.15, 0.2) is 0 Å². The molecule has 0 unspecified atom stereocenters. The molecular formula is C13H18N2O5S. The molecule has 1 aromatic carbocycles. The number of hydrogen-bond acceptors (Lipinski definition) is 4. The minimum absolute atomic E-state index is 0.111. The molecule has 0 heterocycles. The van der Waals surface area contributed by atoms with Crippen molar-refractivity contribution in [1.82, 2.24) is 4.72 Å². The van der Waals surface area contributed by atoms with Gasteiger partial charge in [-0.3, -0.25) is 9.59 Å². The third-order valence-electron chi connectivity index (χ3n) is 2.56. The van der Waals surface area contributed by atoms with E-state index in [2.05, 4.69) is 10.0 Å². The number of carbonyl (C=O) groups is 2. The summed E-state index contributed by atoms with van der Waals surface area (Å²) in [7, 11) is -3.53. The first-order chi connectivity index (χ1) is 9.85. The fraction of sp³-hybridized carbons (Fsp3) is 0.385. The third kappa shape index (κ3) is 5.92. The van der Waals surface area contributed by atoms with Crippen LogP contribution in [0.5, 0.6) is 0 Å². The van der Waals surface area contributed by atoms with Crippen LogP contribution in [0.15, 0.2) is 29.2 Å². The molecule has 8 heteroatoms. The van der Waals surface area contributed by atoms with E-state index in [1.54, 1.807) is 0 Å². The molecule has 0 radical (unpaired) electrons. The molecule has 1 aromatic rings.